The highest BCUT2D eigenvalue weighted by Crippen LogP contribution is 2.13. The van der Waals surface area contributed by atoms with Crippen LogP contribution in [0.5, 0.6) is 0 Å². The van der Waals surface area contributed by atoms with E-state index in [4.69, 9.17) is 39.5 Å². The van der Waals surface area contributed by atoms with Gasteiger partial charge in [-0.1, -0.05) is 19.0 Å². The van der Waals surface area contributed by atoms with Gasteiger partial charge in [-0.25, -0.2) is 4.79 Å². The summed E-state index contributed by atoms with van der Waals surface area (Å²) in [6.07, 6.45) is -7.54. The van der Waals surface area contributed by atoms with E-state index in [0.717, 1.165) is 0 Å². The van der Waals surface area contributed by atoms with Crippen LogP contribution in [0.4, 0.5) is 0 Å². The topological polar surface area (TPSA) is 641 Å². The normalized spacial score (nSPS) is 12.4. The Balaban J connectivity index is 6.38. The van der Waals surface area contributed by atoms with Crippen molar-refractivity contribution in [1.82, 2.24) is 57.8 Å². The van der Waals surface area contributed by atoms with Crippen LogP contribution in [0.1, 0.15) is 110 Å². The highest BCUT2D eigenvalue weighted by atomic mass is 16.4. The van der Waals surface area contributed by atoms with Crippen molar-refractivity contribution < 1.29 is 77.0 Å². The summed E-state index contributed by atoms with van der Waals surface area (Å²) >= 11 is 0. The van der Waals surface area contributed by atoms with E-state index in [0.29, 0.717) is 4.90 Å². The number of nitrogens with zero attached hydrogens (tertiary/aromatic N) is 11. The second kappa shape index (κ2) is 43.7. The van der Waals surface area contributed by atoms with Crippen molar-refractivity contribution >= 4 is 88.7 Å². The van der Waals surface area contributed by atoms with Crippen molar-refractivity contribution in [3.05, 3.63) is 31.3 Å². The highest BCUT2D eigenvalue weighted by Gasteiger charge is 2.35. The summed E-state index contributed by atoms with van der Waals surface area (Å²) in [5.41, 5.74) is 47.9. The van der Waals surface area contributed by atoms with Crippen LogP contribution >= 0.6 is 0 Å². The molecule has 0 aliphatic carbocycles. The Morgan fingerprint density at radius 2 is 0.930 bits per heavy atom. The maximum absolute atomic E-state index is 14.0. The Bertz CT molecular complexity index is 2550. The number of amides is 14. The summed E-state index contributed by atoms with van der Waals surface area (Å²) < 4.78 is 0. The van der Waals surface area contributed by atoms with Crippen molar-refractivity contribution in [3.8, 4) is 0 Å². The first kappa shape index (κ1) is 76.1. The Hall–Kier alpha value is -9.90. The molecule has 0 unspecified atom stereocenters. The van der Waals surface area contributed by atoms with Gasteiger partial charge in [-0.3, -0.25) is 72.0 Å². The third-order valence-electron chi connectivity index (χ3n) is 11.7. The molecule has 0 saturated carbocycles. The summed E-state index contributed by atoms with van der Waals surface area (Å²) in [5.74, 6) is -13.4. The van der Waals surface area contributed by atoms with E-state index in [1.54, 1.807) is 6.92 Å². The number of primary amides is 2. The molecule has 0 heterocycles. The summed E-state index contributed by atoms with van der Waals surface area (Å²) in [7, 11) is 0. The van der Waals surface area contributed by atoms with Crippen molar-refractivity contribution in [2.45, 2.75) is 147 Å². The van der Waals surface area contributed by atoms with Gasteiger partial charge in [0, 0.05) is 114 Å². The molecule has 0 rings (SSSR count). The van der Waals surface area contributed by atoms with Crippen LogP contribution in [-0.2, 0) is 71.9 Å². The smallest absolute Gasteiger partial charge is 0.314 e. The summed E-state index contributed by atoms with van der Waals surface area (Å²) in [6.45, 7) is 0.726. The molecule has 14 amide bonds. The number of azide groups is 3. The number of hydrogen-bond donors (Lipinski definition) is 14. The Morgan fingerprint density at radius 3 is 1.35 bits per heavy atom. The SMILES string of the molecule is CC[C@H](NC(=O)CCNC(=O)CCN)C(=O)NCCC(=O)N[C@@H](CCC(N)=O)C(=O)NCCC(=O)N(C(=O)CCNC(=O)[C@H](CCC(N)=O)NC(=O)CCNC(=O)[C@@H](N)CCN=[N+]=[N-])[C@@H](CC)C(=O)NCCC(=O)N(N=[N+]=[N-])[C@@H](CC(=O)O)N=[N+]=[N-]. The number of carboxylic acid groups (broad SMARTS) is 1. The van der Waals surface area contributed by atoms with Crippen LogP contribution in [0.15, 0.2) is 15.5 Å². The zero-order chi connectivity index (χ0) is 65.1. The fraction of sp³-hybridized carbons (Fsp3) is 0.674. The second-order valence-corrected chi connectivity index (χ2v) is 18.3. The predicted molar refractivity (Wildman–Crippen MR) is 296 cm³/mol. The molecule has 0 aliphatic rings. The van der Waals surface area contributed by atoms with E-state index in [1.165, 1.54) is 6.92 Å². The van der Waals surface area contributed by atoms with E-state index < -0.39 is 184 Å². The molecular weight excluding hydrogens is 1140 g/mol. The second-order valence-electron chi connectivity index (χ2n) is 18.3. The molecule has 40 nitrogen and oxygen atoms in total. The number of carbonyl (C=O) groups is 15. The van der Waals surface area contributed by atoms with Gasteiger partial charge in [0.05, 0.1) is 18.9 Å². The first-order valence-corrected chi connectivity index (χ1v) is 26.8. The Labute approximate surface area is 491 Å². The maximum Gasteiger partial charge on any atom is 0.314 e. The number of rotatable bonds is 45. The van der Waals surface area contributed by atoms with Crippen LogP contribution in [-0.4, -0.2) is 192 Å². The summed E-state index contributed by atoms with van der Waals surface area (Å²) in [5, 5.41) is 40.8. The van der Waals surface area contributed by atoms with Gasteiger partial charge in [-0.2, -0.15) is 9.92 Å². The standard InChI is InChI=1S/C46H76N24O16/c1-3-27(61-35(74)11-18-54-34(73)9-17-47)43(83)56-20-13-37(76)63-29(6-8-32(50)72)45(85)58-22-15-39(78)69(30(4-2)46(86)59-23-16-40(79)70(68-67-53)33(64-66-52)25-41(80)81)38(77)14-21-57-44(84)28(5-7-31(49)71)62-36(75)12-19-55-42(82)26(48)10-24-60-65-51/h26-30,33H,3-25,47-48H2,1-2H3,(H2,49,71)(H2,50,72)(H,54,73)(H,55,82)(H,56,83)(H,57,84)(H,58,85)(H,59,86)(H,61,74)(H,62,75)(H,63,76)(H,80,81)/t26-,27-,28-,29-,30-,33-/m0/s1. The number of carbonyl (C=O) groups excluding carboxylic acids is 14. The zero-order valence-corrected chi connectivity index (χ0v) is 47.5. The monoisotopic (exact) mass is 1220 g/mol. The van der Waals surface area contributed by atoms with Crippen LogP contribution in [0.2, 0.25) is 0 Å². The van der Waals surface area contributed by atoms with Crippen LogP contribution in [0.25, 0.3) is 31.3 Å². The average molecular weight is 1220 g/mol. The van der Waals surface area contributed by atoms with E-state index in [-0.39, 0.29) is 95.0 Å². The quantitative estimate of drug-likeness (QED) is 0.0118. The average Bonchev–Trinajstić information content (AvgIpc) is 3.30. The van der Waals surface area contributed by atoms with Gasteiger partial charge in [-0.15, -0.1) is 5.53 Å². The first-order valence-electron chi connectivity index (χ1n) is 26.8. The Kier molecular flexibility index (Phi) is 38.7. The molecule has 0 bridgehead atoms. The van der Waals surface area contributed by atoms with Crippen molar-refractivity contribution in [1.29, 1.82) is 0 Å². The molecule has 0 aromatic rings. The molecule has 476 valence electrons. The summed E-state index contributed by atoms with van der Waals surface area (Å²) in [6, 6.07) is -6.67. The lowest BCUT2D eigenvalue weighted by atomic mass is 10.1. The highest BCUT2D eigenvalue weighted by molar-refractivity contribution is 6.01. The minimum atomic E-state index is -1.83. The van der Waals surface area contributed by atoms with E-state index in [1.807, 2.05) is 0 Å². The third-order valence-corrected chi connectivity index (χ3v) is 11.7. The fourth-order valence-corrected chi connectivity index (χ4v) is 7.30. The van der Waals surface area contributed by atoms with E-state index in [2.05, 4.69) is 78.0 Å². The van der Waals surface area contributed by atoms with Gasteiger partial charge < -0.3 is 75.9 Å². The first-order chi connectivity index (χ1) is 40.8. The van der Waals surface area contributed by atoms with Crippen LogP contribution in [0, 0.1) is 0 Å². The number of nitrogens with one attached hydrogen (secondary N) is 9. The van der Waals surface area contributed by atoms with Crippen LogP contribution in [0.3, 0.4) is 0 Å². The number of aliphatic carboxylic acids is 1. The Morgan fingerprint density at radius 1 is 0.500 bits per heavy atom. The number of imide groups is 1. The molecule has 18 N–H and O–H groups in total. The molecule has 86 heavy (non-hydrogen) atoms. The van der Waals surface area contributed by atoms with Crippen LogP contribution < -0.4 is 70.8 Å². The van der Waals surface area contributed by atoms with E-state index >= 15 is 0 Å². The molecule has 6 atom stereocenters. The number of carboxylic acids is 1. The molecule has 0 aromatic carbocycles. The molecule has 0 aromatic heterocycles. The lowest BCUT2D eigenvalue weighted by Crippen LogP contribution is -2.54. The number of nitrogens with two attached hydrogens (primary N) is 4. The fourth-order valence-electron chi connectivity index (χ4n) is 7.30. The van der Waals surface area contributed by atoms with Gasteiger partial charge >= 0.3 is 11.9 Å². The molecule has 0 saturated heterocycles. The molecule has 0 radical (unpaired) electrons. The van der Waals surface area contributed by atoms with Gasteiger partial charge in [0.25, 0.3) is 0 Å². The lowest BCUT2D eigenvalue weighted by Gasteiger charge is -2.29. The molecule has 0 fully saturated rings. The van der Waals surface area contributed by atoms with Gasteiger partial charge in [-0.05, 0) is 53.5 Å². The lowest BCUT2D eigenvalue weighted by molar-refractivity contribution is -0.152. The predicted octanol–water partition coefficient (Wildman–Crippen LogP) is -4.91. The van der Waals surface area contributed by atoms with E-state index in [9.17, 15) is 77.0 Å². The summed E-state index contributed by atoms with van der Waals surface area (Å²) in [4.78, 5) is 199. The maximum atomic E-state index is 14.0. The molecule has 40 heteroatoms. The van der Waals surface area contributed by atoms with Gasteiger partial charge in [0.2, 0.25) is 76.8 Å². The largest absolute Gasteiger partial charge is 0.481 e. The van der Waals surface area contributed by atoms with Gasteiger partial charge in [0.15, 0.2) is 6.17 Å². The minimum Gasteiger partial charge on any atom is -0.481 e. The van der Waals surface area contributed by atoms with Crippen molar-refractivity contribution in [2.75, 3.05) is 52.4 Å². The van der Waals surface area contributed by atoms with Crippen molar-refractivity contribution in [2.24, 2.45) is 38.4 Å². The van der Waals surface area contributed by atoms with Crippen molar-refractivity contribution in [3.63, 3.8) is 0 Å². The third kappa shape index (κ3) is 32.7. The number of hydrogen-bond acceptors (Lipinski definition) is 20. The van der Waals surface area contributed by atoms with Gasteiger partial charge in [0.1, 0.15) is 24.2 Å². The minimum absolute atomic E-state index is 0.00471. The molecular formula is C46H76N24O16. The zero-order valence-electron chi connectivity index (χ0n) is 47.5. The molecule has 0 spiro atoms. The molecule has 0 aliphatic heterocycles.